The average molecular weight is 360 g/mol. The molecule has 0 bridgehead atoms. The van der Waals surface area contributed by atoms with Crippen LogP contribution in [0.3, 0.4) is 0 Å². The van der Waals surface area contributed by atoms with E-state index in [-0.39, 0.29) is 29.3 Å². The van der Waals surface area contributed by atoms with Crippen molar-refractivity contribution in [2.45, 2.75) is 64.0 Å². The molecule has 1 saturated carbocycles. The molecular weight excluding hydrogens is 331 g/mol. The maximum atomic E-state index is 13.8. The smallest absolute Gasteiger partial charge is 0.230 e. The van der Waals surface area contributed by atoms with E-state index in [0.29, 0.717) is 6.54 Å². The van der Waals surface area contributed by atoms with Gasteiger partial charge in [0, 0.05) is 31.4 Å². The summed E-state index contributed by atoms with van der Waals surface area (Å²) >= 11 is 0. The minimum atomic E-state index is -0.312. The van der Waals surface area contributed by atoms with Crippen molar-refractivity contribution in [2.24, 2.45) is 5.41 Å². The molecule has 1 amide bonds. The molecular formula is C21H29FN2O2. The van der Waals surface area contributed by atoms with Gasteiger partial charge in [0.15, 0.2) is 0 Å². The Kier molecular flexibility index (Phi) is 4.68. The first kappa shape index (κ1) is 17.8. The van der Waals surface area contributed by atoms with Gasteiger partial charge in [-0.05, 0) is 69.6 Å². The number of carbonyl (C=O) groups is 1. The van der Waals surface area contributed by atoms with Crippen LogP contribution in [0.2, 0.25) is 0 Å². The van der Waals surface area contributed by atoms with E-state index < -0.39 is 0 Å². The van der Waals surface area contributed by atoms with Crippen LogP contribution in [0.4, 0.5) is 10.1 Å². The summed E-state index contributed by atoms with van der Waals surface area (Å²) in [6, 6.07) is 5.21. The third-order valence-corrected chi connectivity index (χ3v) is 6.74. The van der Waals surface area contributed by atoms with Crippen LogP contribution in [0.15, 0.2) is 18.2 Å². The van der Waals surface area contributed by atoms with E-state index in [1.54, 1.807) is 6.07 Å². The summed E-state index contributed by atoms with van der Waals surface area (Å²) in [6.45, 7) is 4.42. The largest absolute Gasteiger partial charge is 0.393 e. The van der Waals surface area contributed by atoms with Crippen molar-refractivity contribution >= 4 is 11.6 Å². The lowest BCUT2D eigenvalue weighted by Crippen LogP contribution is -2.50. The highest BCUT2D eigenvalue weighted by atomic mass is 19.1. The molecule has 2 aliphatic heterocycles. The third-order valence-electron chi connectivity index (χ3n) is 6.74. The summed E-state index contributed by atoms with van der Waals surface area (Å²) in [6.07, 6.45) is 6.04. The summed E-state index contributed by atoms with van der Waals surface area (Å²) < 4.78 is 13.8. The Morgan fingerprint density at radius 2 is 1.92 bits per heavy atom. The number of hydrogen-bond donors (Lipinski definition) is 1. The van der Waals surface area contributed by atoms with E-state index >= 15 is 0 Å². The van der Waals surface area contributed by atoms with Crippen molar-refractivity contribution in [3.05, 3.63) is 29.6 Å². The van der Waals surface area contributed by atoms with Gasteiger partial charge in [0.05, 0.1) is 11.5 Å². The molecule has 1 N–H and O–H groups in total. The maximum Gasteiger partial charge on any atom is 0.230 e. The van der Waals surface area contributed by atoms with Gasteiger partial charge < -0.3 is 14.9 Å². The average Bonchev–Trinajstić information content (AvgIpc) is 2.94. The second kappa shape index (κ2) is 6.84. The first-order valence-corrected chi connectivity index (χ1v) is 9.99. The van der Waals surface area contributed by atoms with Crippen molar-refractivity contribution in [3.8, 4) is 0 Å². The van der Waals surface area contributed by atoms with Crippen molar-refractivity contribution in [1.82, 2.24) is 4.90 Å². The number of aliphatic hydroxyl groups is 1. The maximum absolute atomic E-state index is 13.8. The van der Waals surface area contributed by atoms with E-state index in [9.17, 15) is 14.3 Å². The SMILES string of the molecule is Cc1ccc(F)cc1N1CCC[C@@]2(CCN(C3CCC(O)CC3)C2=O)C1. The van der Waals surface area contributed by atoms with Crippen LogP contribution >= 0.6 is 0 Å². The quantitative estimate of drug-likeness (QED) is 0.880. The van der Waals surface area contributed by atoms with Gasteiger partial charge in [-0.3, -0.25) is 4.79 Å². The van der Waals surface area contributed by atoms with E-state index in [2.05, 4.69) is 9.80 Å². The standard InChI is InChI=1S/C21H29FN2O2/c1-15-3-4-16(22)13-19(15)23-11-2-9-21(14-23)10-12-24(20(21)26)17-5-7-18(25)8-6-17/h3-4,13,17-18,25H,2,5-12,14H2,1H3/t17?,18?,21-/m1/s1. The number of hydrogen-bond acceptors (Lipinski definition) is 3. The molecule has 1 spiro atoms. The van der Waals surface area contributed by atoms with Gasteiger partial charge >= 0.3 is 0 Å². The minimum absolute atomic E-state index is 0.195. The predicted molar refractivity (Wildman–Crippen MR) is 99.6 cm³/mol. The Morgan fingerprint density at radius 3 is 2.69 bits per heavy atom. The van der Waals surface area contributed by atoms with Crippen LogP contribution < -0.4 is 4.90 Å². The second-order valence-electron chi connectivity index (χ2n) is 8.45. The third kappa shape index (κ3) is 3.11. The topological polar surface area (TPSA) is 43.8 Å². The summed E-state index contributed by atoms with van der Waals surface area (Å²) in [5.41, 5.74) is 1.68. The van der Waals surface area contributed by atoms with E-state index in [1.807, 2.05) is 13.0 Å². The summed E-state index contributed by atoms with van der Waals surface area (Å²) in [5.74, 6) is 0.0722. The minimum Gasteiger partial charge on any atom is -0.393 e. The molecule has 26 heavy (non-hydrogen) atoms. The highest BCUT2D eigenvalue weighted by Gasteiger charge is 2.50. The van der Waals surface area contributed by atoms with Gasteiger partial charge in [-0.15, -0.1) is 0 Å². The molecule has 5 heteroatoms. The first-order chi connectivity index (χ1) is 12.5. The predicted octanol–water partition coefficient (Wildman–Crippen LogP) is 3.26. The number of piperidine rings is 1. The number of benzene rings is 1. The zero-order valence-corrected chi connectivity index (χ0v) is 15.6. The van der Waals surface area contributed by atoms with Crippen molar-refractivity contribution in [1.29, 1.82) is 0 Å². The van der Waals surface area contributed by atoms with Gasteiger partial charge in [-0.25, -0.2) is 4.39 Å². The lowest BCUT2D eigenvalue weighted by molar-refractivity contribution is -0.139. The number of nitrogens with zero attached hydrogens (tertiary/aromatic N) is 2. The number of rotatable bonds is 2. The zero-order chi connectivity index (χ0) is 18.3. The lowest BCUT2D eigenvalue weighted by atomic mass is 9.78. The molecule has 0 aromatic heterocycles. The molecule has 4 rings (SSSR count). The van der Waals surface area contributed by atoms with Crippen molar-refractivity contribution in [2.75, 3.05) is 24.5 Å². The van der Waals surface area contributed by atoms with Crippen LogP contribution in [0, 0.1) is 18.2 Å². The molecule has 1 aromatic rings. The fourth-order valence-electron chi connectivity index (χ4n) is 5.21. The van der Waals surface area contributed by atoms with E-state index in [0.717, 1.165) is 69.3 Å². The highest BCUT2D eigenvalue weighted by Crippen LogP contribution is 2.43. The summed E-state index contributed by atoms with van der Waals surface area (Å²) in [7, 11) is 0. The number of aliphatic hydroxyl groups excluding tert-OH is 1. The van der Waals surface area contributed by atoms with Gasteiger partial charge in [-0.2, -0.15) is 0 Å². The van der Waals surface area contributed by atoms with Gasteiger partial charge in [0.1, 0.15) is 5.82 Å². The summed E-state index contributed by atoms with van der Waals surface area (Å²) in [4.78, 5) is 17.7. The molecule has 142 valence electrons. The van der Waals surface area contributed by atoms with Gasteiger partial charge in [-0.1, -0.05) is 6.07 Å². The molecule has 1 atom stereocenters. The fourth-order valence-corrected chi connectivity index (χ4v) is 5.21. The normalized spacial score (nSPS) is 32.5. The Bertz CT molecular complexity index is 687. The number of likely N-dealkylation sites (tertiary alicyclic amines) is 1. The van der Waals surface area contributed by atoms with Crippen LogP contribution in [0.25, 0.3) is 0 Å². The highest BCUT2D eigenvalue weighted by molar-refractivity contribution is 5.86. The summed E-state index contributed by atoms with van der Waals surface area (Å²) in [5, 5.41) is 9.75. The Hall–Kier alpha value is -1.62. The zero-order valence-electron chi connectivity index (χ0n) is 15.6. The van der Waals surface area contributed by atoms with Crippen molar-refractivity contribution in [3.63, 3.8) is 0 Å². The number of anilines is 1. The molecule has 3 aliphatic rings. The molecule has 1 aliphatic carbocycles. The molecule has 2 heterocycles. The number of halogens is 1. The Morgan fingerprint density at radius 1 is 1.15 bits per heavy atom. The number of aryl methyl sites for hydroxylation is 1. The van der Waals surface area contributed by atoms with Gasteiger partial charge in [0.2, 0.25) is 5.91 Å². The fraction of sp³-hybridized carbons (Fsp3) is 0.667. The van der Waals surface area contributed by atoms with Crippen LogP contribution in [-0.4, -0.2) is 47.7 Å². The molecule has 2 saturated heterocycles. The molecule has 0 radical (unpaired) electrons. The lowest BCUT2D eigenvalue weighted by Gasteiger charge is -2.42. The Balaban J connectivity index is 1.51. The van der Waals surface area contributed by atoms with Crippen LogP contribution in [0.1, 0.15) is 50.5 Å². The molecule has 3 fully saturated rings. The van der Waals surface area contributed by atoms with E-state index in [1.165, 1.54) is 6.07 Å². The Labute approximate surface area is 155 Å². The van der Waals surface area contributed by atoms with Gasteiger partial charge in [0.25, 0.3) is 0 Å². The second-order valence-corrected chi connectivity index (χ2v) is 8.45. The van der Waals surface area contributed by atoms with Crippen LogP contribution in [-0.2, 0) is 4.79 Å². The molecule has 1 aromatic carbocycles. The van der Waals surface area contributed by atoms with Crippen LogP contribution in [0.5, 0.6) is 0 Å². The molecule has 0 unspecified atom stereocenters. The number of amides is 1. The van der Waals surface area contributed by atoms with Crippen molar-refractivity contribution < 1.29 is 14.3 Å². The molecule has 4 nitrogen and oxygen atoms in total. The number of carbonyl (C=O) groups excluding carboxylic acids is 1. The first-order valence-electron chi connectivity index (χ1n) is 9.99. The monoisotopic (exact) mass is 360 g/mol. The van der Waals surface area contributed by atoms with E-state index in [4.69, 9.17) is 0 Å².